The van der Waals surface area contributed by atoms with Crippen molar-refractivity contribution in [3.63, 3.8) is 0 Å². The summed E-state index contributed by atoms with van der Waals surface area (Å²) in [5, 5.41) is 15.6. The summed E-state index contributed by atoms with van der Waals surface area (Å²) in [4.78, 5) is 4.36. The summed E-state index contributed by atoms with van der Waals surface area (Å²) in [6.07, 6.45) is 1.74. The first-order chi connectivity index (χ1) is 10.3. The highest BCUT2D eigenvalue weighted by Crippen LogP contribution is 2.23. The number of hydrogen-bond acceptors (Lipinski definition) is 6. The van der Waals surface area contributed by atoms with E-state index in [2.05, 4.69) is 25.6 Å². The van der Waals surface area contributed by atoms with E-state index in [1.54, 1.807) is 30.1 Å². The normalized spacial score (nSPS) is 10.4. The Hall–Kier alpha value is -2.96. The predicted molar refractivity (Wildman–Crippen MR) is 78.5 cm³/mol. The third kappa shape index (κ3) is 2.53. The fourth-order valence-electron chi connectivity index (χ4n) is 1.91. The molecular weight excluding hydrogens is 268 g/mol. The molecule has 0 aliphatic heterocycles. The van der Waals surface area contributed by atoms with Gasteiger partial charge in [0, 0.05) is 25.4 Å². The minimum absolute atomic E-state index is 0.458. The van der Waals surface area contributed by atoms with E-state index in [1.807, 2.05) is 31.3 Å². The SMILES string of the molecule is CNc1cc(-c2ccccn2)n(-c2ccc(OC)nn2)n1. The average Bonchev–Trinajstić information content (AvgIpc) is 3.00. The number of methoxy groups -OCH3 is 1. The van der Waals surface area contributed by atoms with Crippen molar-refractivity contribution in [2.75, 3.05) is 19.5 Å². The third-order valence-electron chi connectivity index (χ3n) is 2.94. The van der Waals surface area contributed by atoms with Crippen LogP contribution in [0.25, 0.3) is 17.2 Å². The zero-order chi connectivity index (χ0) is 14.7. The molecule has 7 nitrogen and oxygen atoms in total. The van der Waals surface area contributed by atoms with Gasteiger partial charge in [-0.25, -0.2) is 4.68 Å². The third-order valence-corrected chi connectivity index (χ3v) is 2.94. The highest BCUT2D eigenvalue weighted by Gasteiger charge is 2.13. The Morgan fingerprint density at radius 2 is 2.05 bits per heavy atom. The molecule has 0 aliphatic rings. The van der Waals surface area contributed by atoms with E-state index in [-0.39, 0.29) is 0 Å². The van der Waals surface area contributed by atoms with Crippen molar-refractivity contribution < 1.29 is 4.74 Å². The quantitative estimate of drug-likeness (QED) is 0.786. The second-order valence-corrected chi connectivity index (χ2v) is 4.23. The van der Waals surface area contributed by atoms with Gasteiger partial charge in [0.1, 0.15) is 5.82 Å². The first-order valence-corrected chi connectivity index (χ1v) is 6.39. The molecule has 0 saturated carbocycles. The van der Waals surface area contributed by atoms with Crippen molar-refractivity contribution in [1.29, 1.82) is 0 Å². The van der Waals surface area contributed by atoms with Gasteiger partial charge in [0.15, 0.2) is 5.82 Å². The van der Waals surface area contributed by atoms with Crippen LogP contribution in [0.15, 0.2) is 42.6 Å². The predicted octanol–water partition coefficient (Wildman–Crippen LogP) is 1.77. The fraction of sp³-hybridized carbons (Fsp3) is 0.143. The van der Waals surface area contributed by atoms with Crippen LogP contribution in [0.1, 0.15) is 0 Å². The summed E-state index contributed by atoms with van der Waals surface area (Å²) in [6.45, 7) is 0. The van der Waals surface area contributed by atoms with Gasteiger partial charge in [0.25, 0.3) is 0 Å². The molecule has 0 fully saturated rings. The molecule has 3 heterocycles. The molecule has 0 saturated heterocycles. The lowest BCUT2D eigenvalue weighted by Gasteiger charge is -2.05. The Morgan fingerprint density at radius 3 is 2.67 bits per heavy atom. The molecule has 0 bridgehead atoms. The summed E-state index contributed by atoms with van der Waals surface area (Å²) in [6, 6.07) is 11.2. The molecule has 106 valence electrons. The first kappa shape index (κ1) is 13.0. The van der Waals surface area contributed by atoms with E-state index in [0.29, 0.717) is 11.7 Å². The number of hydrogen-bond donors (Lipinski definition) is 1. The van der Waals surface area contributed by atoms with Crippen LogP contribution in [-0.2, 0) is 0 Å². The van der Waals surface area contributed by atoms with Gasteiger partial charge >= 0.3 is 0 Å². The molecule has 7 heteroatoms. The molecule has 0 spiro atoms. The van der Waals surface area contributed by atoms with E-state index >= 15 is 0 Å². The van der Waals surface area contributed by atoms with Gasteiger partial charge in [-0.1, -0.05) is 6.07 Å². The Kier molecular flexibility index (Phi) is 3.46. The zero-order valence-electron chi connectivity index (χ0n) is 11.7. The number of anilines is 1. The second kappa shape index (κ2) is 5.58. The summed E-state index contributed by atoms with van der Waals surface area (Å²) < 4.78 is 6.71. The molecule has 21 heavy (non-hydrogen) atoms. The number of nitrogens with one attached hydrogen (secondary N) is 1. The van der Waals surface area contributed by atoms with Gasteiger partial charge < -0.3 is 10.1 Å². The standard InChI is InChI=1S/C14H14N6O/c1-15-12-9-11(10-5-3-4-8-16-10)20(19-12)13-6-7-14(21-2)18-17-13/h3-9H,1-2H3,(H,15,19). The van der Waals surface area contributed by atoms with Crippen LogP contribution in [0, 0.1) is 0 Å². The highest BCUT2D eigenvalue weighted by molar-refractivity contribution is 5.61. The Morgan fingerprint density at radius 1 is 1.14 bits per heavy atom. The molecule has 0 radical (unpaired) electrons. The summed E-state index contributed by atoms with van der Waals surface area (Å²) in [5.41, 5.74) is 1.64. The molecule has 3 aromatic heterocycles. The van der Waals surface area contributed by atoms with Gasteiger partial charge in [-0.3, -0.25) is 4.98 Å². The molecule has 0 atom stereocenters. The van der Waals surface area contributed by atoms with E-state index < -0.39 is 0 Å². The molecule has 0 aliphatic carbocycles. The van der Waals surface area contributed by atoms with Crippen LogP contribution in [-0.4, -0.2) is 39.1 Å². The van der Waals surface area contributed by atoms with Crippen LogP contribution in [0.2, 0.25) is 0 Å². The van der Waals surface area contributed by atoms with Crippen molar-refractivity contribution >= 4 is 5.82 Å². The van der Waals surface area contributed by atoms with Crippen LogP contribution in [0.3, 0.4) is 0 Å². The van der Waals surface area contributed by atoms with Crippen LogP contribution >= 0.6 is 0 Å². The van der Waals surface area contributed by atoms with Crippen molar-refractivity contribution in [3.8, 4) is 23.1 Å². The highest BCUT2D eigenvalue weighted by atomic mass is 16.5. The number of nitrogens with zero attached hydrogens (tertiary/aromatic N) is 5. The topological polar surface area (TPSA) is 77.8 Å². The Labute approximate surface area is 121 Å². The minimum atomic E-state index is 0.458. The van der Waals surface area contributed by atoms with E-state index in [4.69, 9.17) is 4.74 Å². The number of ether oxygens (including phenoxy) is 1. The molecule has 3 aromatic rings. The van der Waals surface area contributed by atoms with E-state index in [1.165, 1.54) is 0 Å². The maximum atomic E-state index is 5.02. The summed E-state index contributed by atoms with van der Waals surface area (Å²) >= 11 is 0. The second-order valence-electron chi connectivity index (χ2n) is 4.23. The molecule has 3 rings (SSSR count). The lowest BCUT2D eigenvalue weighted by atomic mass is 10.2. The molecule has 0 unspecified atom stereocenters. The monoisotopic (exact) mass is 282 g/mol. The Bertz CT molecular complexity index is 723. The minimum Gasteiger partial charge on any atom is -0.480 e. The van der Waals surface area contributed by atoms with Crippen molar-refractivity contribution in [2.24, 2.45) is 0 Å². The molecular formula is C14H14N6O. The van der Waals surface area contributed by atoms with Crippen molar-refractivity contribution in [2.45, 2.75) is 0 Å². The number of rotatable bonds is 4. The van der Waals surface area contributed by atoms with Crippen molar-refractivity contribution in [3.05, 3.63) is 42.6 Å². The van der Waals surface area contributed by atoms with E-state index in [0.717, 1.165) is 17.2 Å². The fourth-order valence-corrected chi connectivity index (χ4v) is 1.91. The molecule has 0 amide bonds. The van der Waals surface area contributed by atoms with Crippen molar-refractivity contribution in [1.82, 2.24) is 25.0 Å². The number of aromatic nitrogens is 5. The summed E-state index contributed by atoms with van der Waals surface area (Å²) in [7, 11) is 3.37. The molecule has 0 aromatic carbocycles. The lowest BCUT2D eigenvalue weighted by molar-refractivity contribution is 0.391. The molecule has 1 N–H and O–H groups in total. The van der Waals surface area contributed by atoms with Gasteiger partial charge in [-0.15, -0.1) is 15.3 Å². The van der Waals surface area contributed by atoms with E-state index in [9.17, 15) is 0 Å². The Balaban J connectivity index is 2.10. The summed E-state index contributed by atoms with van der Waals surface area (Å²) in [5.74, 6) is 1.78. The smallest absolute Gasteiger partial charge is 0.233 e. The largest absolute Gasteiger partial charge is 0.480 e. The van der Waals surface area contributed by atoms with Gasteiger partial charge in [-0.2, -0.15) is 0 Å². The number of pyridine rings is 1. The van der Waals surface area contributed by atoms with Gasteiger partial charge in [0.2, 0.25) is 5.88 Å². The van der Waals surface area contributed by atoms with Crippen LogP contribution in [0.4, 0.5) is 5.82 Å². The van der Waals surface area contributed by atoms with Gasteiger partial charge in [0.05, 0.1) is 18.5 Å². The van der Waals surface area contributed by atoms with Crippen LogP contribution < -0.4 is 10.1 Å². The zero-order valence-corrected chi connectivity index (χ0v) is 11.7. The maximum Gasteiger partial charge on any atom is 0.233 e. The van der Waals surface area contributed by atoms with Gasteiger partial charge in [-0.05, 0) is 18.2 Å². The first-order valence-electron chi connectivity index (χ1n) is 6.39. The lowest BCUT2D eigenvalue weighted by Crippen LogP contribution is -2.04. The van der Waals surface area contributed by atoms with Crippen LogP contribution in [0.5, 0.6) is 5.88 Å². The maximum absolute atomic E-state index is 5.02. The average molecular weight is 282 g/mol.